The highest BCUT2D eigenvalue weighted by atomic mass is 16.2. The van der Waals surface area contributed by atoms with Gasteiger partial charge in [-0.15, -0.1) is 0 Å². The van der Waals surface area contributed by atoms with Gasteiger partial charge in [0.05, 0.1) is 0 Å². The van der Waals surface area contributed by atoms with Crippen molar-refractivity contribution < 1.29 is 9.59 Å². The molecule has 0 aliphatic carbocycles. The number of rotatable bonds is 8. The SMILES string of the molecule is CCCNc1cc(C(=O)NCCNC(C)=O)cc(CC)n1. The molecule has 1 rings (SSSR count). The van der Waals surface area contributed by atoms with Gasteiger partial charge in [-0.25, -0.2) is 4.98 Å². The van der Waals surface area contributed by atoms with Crippen molar-refractivity contribution in [2.24, 2.45) is 0 Å². The van der Waals surface area contributed by atoms with E-state index in [1.807, 2.05) is 6.92 Å². The van der Waals surface area contributed by atoms with Gasteiger partial charge in [0.15, 0.2) is 0 Å². The van der Waals surface area contributed by atoms with Crippen molar-refractivity contribution in [2.75, 3.05) is 25.0 Å². The number of carbonyl (C=O) groups excluding carboxylic acids is 2. The van der Waals surface area contributed by atoms with Crippen LogP contribution in [0.2, 0.25) is 0 Å². The van der Waals surface area contributed by atoms with E-state index >= 15 is 0 Å². The predicted molar refractivity (Wildman–Crippen MR) is 83.4 cm³/mol. The first-order valence-electron chi connectivity index (χ1n) is 7.34. The fraction of sp³-hybridized carbons (Fsp3) is 0.533. The molecular weight excluding hydrogens is 268 g/mol. The zero-order chi connectivity index (χ0) is 15.7. The molecule has 0 unspecified atom stereocenters. The molecule has 0 saturated heterocycles. The number of aryl methyl sites for hydroxylation is 1. The molecule has 0 atom stereocenters. The number of nitrogens with zero attached hydrogens (tertiary/aromatic N) is 1. The number of aromatic nitrogens is 1. The van der Waals surface area contributed by atoms with E-state index in [1.165, 1.54) is 6.92 Å². The monoisotopic (exact) mass is 292 g/mol. The summed E-state index contributed by atoms with van der Waals surface area (Å²) in [5, 5.41) is 8.61. The Balaban J connectivity index is 2.66. The largest absolute Gasteiger partial charge is 0.370 e. The van der Waals surface area contributed by atoms with Crippen molar-refractivity contribution in [3.63, 3.8) is 0 Å². The van der Waals surface area contributed by atoms with Crippen LogP contribution in [0.15, 0.2) is 12.1 Å². The molecule has 21 heavy (non-hydrogen) atoms. The molecule has 2 amide bonds. The van der Waals surface area contributed by atoms with Crippen molar-refractivity contribution in [3.8, 4) is 0 Å². The van der Waals surface area contributed by atoms with Crippen LogP contribution in [-0.4, -0.2) is 36.4 Å². The third-order valence-electron chi connectivity index (χ3n) is 2.84. The first kappa shape index (κ1) is 16.9. The van der Waals surface area contributed by atoms with Crippen LogP contribution in [0, 0.1) is 0 Å². The van der Waals surface area contributed by atoms with E-state index in [1.54, 1.807) is 12.1 Å². The lowest BCUT2D eigenvalue weighted by Crippen LogP contribution is -2.33. The topological polar surface area (TPSA) is 83.1 Å². The number of anilines is 1. The highest BCUT2D eigenvalue weighted by Crippen LogP contribution is 2.11. The Kier molecular flexibility index (Phi) is 7.21. The average molecular weight is 292 g/mol. The molecular formula is C15H24N4O2. The lowest BCUT2D eigenvalue weighted by atomic mass is 10.2. The molecule has 0 fully saturated rings. The molecule has 0 spiro atoms. The molecule has 1 aromatic heterocycles. The first-order valence-corrected chi connectivity index (χ1v) is 7.34. The standard InChI is InChI=1S/C15H24N4O2/c1-4-6-17-14-10-12(9-13(5-2)19-14)15(21)18-8-7-16-11(3)20/h9-10H,4-8H2,1-3H3,(H,16,20)(H,17,19)(H,18,21). The molecule has 6 heteroatoms. The molecule has 1 aromatic rings. The van der Waals surface area contributed by atoms with Crippen LogP contribution in [0.1, 0.15) is 43.2 Å². The Morgan fingerprint density at radius 2 is 1.81 bits per heavy atom. The Hall–Kier alpha value is -2.11. The molecule has 6 nitrogen and oxygen atoms in total. The van der Waals surface area contributed by atoms with Crippen LogP contribution < -0.4 is 16.0 Å². The number of pyridine rings is 1. The van der Waals surface area contributed by atoms with Crippen LogP contribution in [0.3, 0.4) is 0 Å². The van der Waals surface area contributed by atoms with Gasteiger partial charge in [0, 0.05) is 37.8 Å². The van der Waals surface area contributed by atoms with Crippen molar-refractivity contribution in [1.82, 2.24) is 15.6 Å². The molecule has 0 aliphatic heterocycles. The van der Waals surface area contributed by atoms with Gasteiger partial charge < -0.3 is 16.0 Å². The van der Waals surface area contributed by atoms with Gasteiger partial charge in [-0.1, -0.05) is 13.8 Å². The molecule has 0 saturated carbocycles. The Bertz CT molecular complexity index is 489. The maximum absolute atomic E-state index is 12.1. The maximum atomic E-state index is 12.1. The summed E-state index contributed by atoms with van der Waals surface area (Å²) in [7, 11) is 0. The van der Waals surface area contributed by atoms with Crippen molar-refractivity contribution in [2.45, 2.75) is 33.6 Å². The van der Waals surface area contributed by atoms with E-state index in [0.717, 1.165) is 30.9 Å². The summed E-state index contributed by atoms with van der Waals surface area (Å²) in [6, 6.07) is 3.55. The summed E-state index contributed by atoms with van der Waals surface area (Å²) in [5.74, 6) is 0.465. The van der Waals surface area contributed by atoms with Crippen LogP contribution in [0.4, 0.5) is 5.82 Å². The summed E-state index contributed by atoms with van der Waals surface area (Å²) >= 11 is 0. The van der Waals surface area contributed by atoms with Gasteiger partial charge in [-0.3, -0.25) is 9.59 Å². The second-order valence-corrected chi connectivity index (χ2v) is 4.75. The second-order valence-electron chi connectivity index (χ2n) is 4.75. The van der Waals surface area contributed by atoms with Crippen LogP contribution >= 0.6 is 0 Å². The minimum Gasteiger partial charge on any atom is -0.370 e. The zero-order valence-electron chi connectivity index (χ0n) is 13.0. The molecule has 0 aliphatic rings. The summed E-state index contributed by atoms with van der Waals surface area (Å²) in [5.41, 5.74) is 1.46. The van der Waals surface area contributed by atoms with Gasteiger partial charge in [-0.05, 0) is 25.0 Å². The Morgan fingerprint density at radius 3 is 2.43 bits per heavy atom. The fourth-order valence-corrected chi connectivity index (χ4v) is 1.76. The van der Waals surface area contributed by atoms with Crippen LogP contribution in [0.25, 0.3) is 0 Å². The highest BCUT2D eigenvalue weighted by Gasteiger charge is 2.09. The number of nitrogens with one attached hydrogen (secondary N) is 3. The quantitative estimate of drug-likeness (QED) is 0.631. The molecule has 1 heterocycles. The summed E-state index contributed by atoms with van der Waals surface area (Å²) in [6.45, 7) is 7.18. The molecule has 0 radical (unpaired) electrons. The Labute approximate surface area is 125 Å². The van der Waals surface area contributed by atoms with Crippen molar-refractivity contribution in [1.29, 1.82) is 0 Å². The van der Waals surface area contributed by atoms with E-state index < -0.39 is 0 Å². The fourth-order valence-electron chi connectivity index (χ4n) is 1.76. The number of hydrogen-bond donors (Lipinski definition) is 3. The molecule has 116 valence electrons. The first-order chi connectivity index (χ1) is 10.1. The summed E-state index contributed by atoms with van der Waals surface area (Å²) in [4.78, 5) is 27.3. The number of carbonyl (C=O) groups is 2. The average Bonchev–Trinajstić information content (AvgIpc) is 2.48. The zero-order valence-corrected chi connectivity index (χ0v) is 13.0. The third-order valence-corrected chi connectivity index (χ3v) is 2.84. The number of hydrogen-bond acceptors (Lipinski definition) is 4. The van der Waals surface area contributed by atoms with E-state index in [9.17, 15) is 9.59 Å². The summed E-state index contributed by atoms with van der Waals surface area (Å²) < 4.78 is 0. The van der Waals surface area contributed by atoms with Crippen LogP contribution in [-0.2, 0) is 11.2 Å². The predicted octanol–water partition coefficient (Wildman–Crippen LogP) is 1.33. The number of amides is 2. The lowest BCUT2D eigenvalue weighted by molar-refractivity contribution is -0.118. The third kappa shape index (κ3) is 6.25. The van der Waals surface area contributed by atoms with E-state index in [0.29, 0.717) is 18.7 Å². The minimum absolute atomic E-state index is 0.104. The second kappa shape index (κ2) is 8.94. The molecule has 0 aromatic carbocycles. The molecule has 3 N–H and O–H groups in total. The van der Waals surface area contributed by atoms with Crippen molar-refractivity contribution >= 4 is 17.6 Å². The minimum atomic E-state index is -0.156. The van der Waals surface area contributed by atoms with E-state index in [-0.39, 0.29) is 11.8 Å². The lowest BCUT2D eigenvalue weighted by Gasteiger charge is -2.10. The maximum Gasteiger partial charge on any atom is 0.251 e. The van der Waals surface area contributed by atoms with Gasteiger partial charge in [0.1, 0.15) is 5.82 Å². The van der Waals surface area contributed by atoms with E-state index in [2.05, 4.69) is 27.9 Å². The summed E-state index contributed by atoms with van der Waals surface area (Å²) in [6.07, 6.45) is 1.77. The molecule has 0 bridgehead atoms. The smallest absolute Gasteiger partial charge is 0.251 e. The Morgan fingerprint density at radius 1 is 1.10 bits per heavy atom. The van der Waals surface area contributed by atoms with Gasteiger partial charge in [0.25, 0.3) is 5.91 Å². The highest BCUT2D eigenvalue weighted by molar-refractivity contribution is 5.95. The van der Waals surface area contributed by atoms with Gasteiger partial charge in [0.2, 0.25) is 5.91 Å². The van der Waals surface area contributed by atoms with Crippen LogP contribution in [0.5, 0.6) is 0 Å². The normalized spacial score (nSPS) is 10.0. The van der Waals surface area contributed by atoms with E-state index in [4.69, 9.17) is 0 Å². The van der Waals surface area contributed by atoms with Gasteiger partial charge >= 0.3 is 0 Å². The van der Waals surface area contributed by atoms with Gasteiger partial charge in [-0.2, -0.15) is 0 Å². The van der Waals surface area contributed by atoms with Crippen molar-refractivity contribution in [3.05, 3.63) is 23.4 Å².